The minimum atomic E-state index is 0.276. The molecule has 3 aromatic carbocycles. The van der Waals surface area contributed by atoms with Crippen LogP contribution in [0.15, 0.2) is 84.9 Å². The zero-order chi connectivity index (χ0) is 18.2. The van der Waals surface area contributed by atoms with Crippen LogP contribution in [0.5, 0.6) is 0 Å². The number of benzene rings is 3. The van der Waals surface area contributed by atoms with Gasteiger partial charge in [0.05, 0.1) is 17.4 Å². The van der Waals surface area contributed by atoms with Crippen LogP contribution in [-0.4, -0.2) is 0 Å². The highest BCUT2D eigenvalue weighted by Gasteiger charge is 2.21. The Kier molecular flexibility index (Phi) is 6.32. The smallest absolute Gasteiger partial charge is 0.0753 e. The molecule has 0 amide bonds. The normalized spacial score (nSPS) is 11.8. The molecule has 0 aliphatic carbocycles. The van der Waals surface area contributed by atoms with Crippen LogP contribution in [0.25, 0.3) is 0 Å². The molecule has 0 saturated heterocycles. The highest BCUT2D eigenvalue weighted by Crippen LogP contribution is 2.32. The van der Waals surface area contributed by atoms with Crippen molar-refractivity contribution in [2.24, 2.45) is 0 Å². The topological polar surface area (TPSA) is 15.3 Å². The van der Waals surface area contributed by atoms with Gasteiger partial charge in [0.2, 0.25) is 0 Å². The summed E-state index contributed by atoms with van der Waals surface area (Å²) in [5.74, 6) is 0. The molecule has 1 N–H and O–H groups in total. The molecule has 0 bridgehead atoms. The van der Waals surface area contributed by atoms with Crippen molar-refractivity contribution in [1.29, 1.82) is 0 Å². The Balaban J connectivity index is 1.98. The second-order valence-electron chi connectivity index (χ2n) is 6.75. The lowest BCUT2D eigenvalue weighted by molar-refractivity contribution is 0.572. The van der Waals surface area contributed by atoms with Gasteiger partial charge in [-0.2, -0.15) is 0 Å². The SMILES string of the molecule is CCCCC(c1ccc(C)cc1)N(Nc1ccccc1)c1ccccc1. The van der Waals surface area contributed by atoms with E-state index in [9.17, 15) is 0 Å². The molecule has 0 aromatic heterocycles. The maximum Gasteiger partial charge on any atom is 0.0753 e. The molecule has 2 heteroatoms. The summed E-state index contributed by atoms with van der Waals surface area (Å²) in [7, 11) is 0. The Morgan fingerprint density at radius 3 is 2.04 bits per heavy atom. The van der Waals surface area contributed by atoms with E-state index in [1.165, 1.54) is 29.7 Å². The third kappa shape index (κ3) is 4.66. The van der Waals surface area contributed by atoms with E-state index in [0.29, 0.717) is 0 Å². The van der Waals surface area contributed by atoms with Crippen LogP contribution in [0.4, 0.5) is 11.4 Å². The van der Waals surface area contributed by atoms with E-state index >= 15 is 0 Å². The number of aryl methyl sites for hydroxylation is 1. The Bertz CT molecular complexity index is 766. The first-order valence-corrected chi connectivity index (χ1v) is 9.50. The minimum absolute atomic E-state index is 0.276. The molecule has 3 aromatic rings. The monoisotopic (exact) mass is 344 g/mol. The summed E-state index contributed by atoms with van der Waals surface area (Å²) < 4.78 is 0. The molecule has 26 heavy (non-hydrogen) atoms. The highest BCUT2D eigenvalue weighted by molar-refractivity contribution is 5.57. The molecule has 0 spiro atoms. The van der Waals surface area contributed by atoms with Crippen LogP contribution >= 0.6 is 0 Å². The molecule has 0 aliphatic rings. The van der Waals surface area contributed by atoms with Gasteiger partial charge in [-0.1, -0.05) is 86.0 Å². The molecule has 3 rings (SSSR count). The predicted molar refractivity (Wildman–Crippen MR) is 112 cm³/mol. The number of rotatable bonds is 8. The second kappa shape index (κ2) is 9.10. The molecule has 0 radical (unpaired) electrons. The summed E-state index contributed by atoms with van der Waals surface area (Å²) in [5, 5.41) is 2.32. The summed E-state index contributed by atoms with van der Waals surface area (Å²) in [6.45, 7) is 4.39. The van der Waals surface area contributed by atoms with Crippen LogP contribution < -0.4 is 10.4 Å². The van der Waals surface area contributed by atoms with E-state index in [4.69, 9.17) is 0 Å². The van der Waals surface area contributed by atoms with E-state index < -0.39 is 0 Å². The molecule has 0 aliphatic heterocycles. The van der Waals surface area contributed by atoms with Gasteiger partial charge < -0.3 is 0 Å². The molecule has 134 valence electrons. The summed E-state index contributed by atoms with van der Waals surface area (Å²) in [4.78, 5) is 0. The first-order valence-electron chi connectivity index (χ1n) is 9.50. The molecule has 1 unspecified atom stereocenters. The summed E-state index contributed by atoms with van der Waals surface area (Å²) in [6.07, 6.45) is 3.49. The van der Waals surface area contributed by atoms with Crippen molar-refractivity contribution >= 4 is 11.4 Å². The van der Waals surface area contributed by atoms with Gasteiger partial charge in [0.1, 0.15) is 0 Å². The van der Waals surface area contributed by atoms with E-state index in [0.717, 1.165) is 12.1 Å². The van der Waals surface area contributed by atoms with Gasteiger partial charge in [0.25, 0.3) is 0 Å². The summed E-state index contributed by atoms with van der Waals surface area (Å²) >= 11 is 0. The number of unbranched alkanes of at least 4 members (excludes halogenated alkanes) is 1. The van der Waals surface area contributed by atoms with Gasteiger partial charge >= 0.3 is 0 Å². The molecular formula is C24H28N2. The van der Waals surface area contributed by atoms with Gasteiger partial charge in [-0.3, -0.25) is 10.4 Å². The fourth-order valence-corrected chi connectivity index (χ4v) is 3.19. The number of hydrazine groups is 1. The van der Waals surface area contributed by atoms with Crippen molar-refractivity contribution < 1.29 is 0 Å². The Labute approximate surface area is 157 Å². The van der Waals surface area contributed by atoms with E-state index in [1.54, 1.807) is 0 Å². The van der Waals surface area contributed by atoms with Crippen molar-refractivity contribution in [3.05, 3.63) is 96.1 Å². The number of nitrogens with one attached hydrogen (secondary N) is 1. The van der Waals surface area contributed by atoms with Crippen LogP contribution in [-0.2, 0) is 0 Å². The Morgan fingerprint density at radius 1 is 0.808 bits per heavy atom. The van der Waals surface area contributed by atoms with Gasteiger partial charge in [-0.25, -0.2) is 0 Å². The molecule has 2 nitrogen and oxygen atoms in total. The van der Waals surface area contributed by atoms with Crippen LogP contribution in [0.3, 0.4) is 0 Å². The highest BCUT2D eigenvalue weighted by atomic mass is 15.5. The quantitative estimate of drug-likeness (QED) is 0.454. The van der Waals surface area contributed by atoms with Gasteiger partial charge in [0, 0.05) is 0 Å². The average Bonchev–Trinajstić information content (AvgIpc) is 2.70. The summed E-state index contributed by atoms with van der Waals surface area (Å²) in [6, 6.07) is 30.2. The Morgan fingerprint density at radius 2 is 1.42 bits per heavy atom. The zero-order valence-electron chi connectivity index (χ0n) is 15.7. The first kappa shape index (κ1) is 18.1. The molecular weight excluding hydrogens is 316 g/mol. The maximum atomic E-state index is 3.65. The van der Waals surface area contributed by atoms with Crippen LogP contribution in [0.2, 0.25) is 0 Å². The van der Waals surface area contributed by atoms with E-state index in [1.807, 2.05) is 6.07 Å². The average molecular weight is 345 g/mol. The number of anilines is 2. The molecule has 1 atom stereocenters. The zero-order valence-corrected chi connectivity index (χ0v) is 15.7. The predicted octanol–water partition coefficient (Wildman–Crippen LogP) is 6.76. The first-order chi connectivity index (χ1) is 12.8. The van der Waals surface area contributed by atoms with Crippen molar-refractivity contribution in [3.8, 4) is 0 Å². The number of para-hydroxylation sites is 2. The lowest BCUT2D eigenvalue weighted by Crippen LogP contribution is -2.34. The van der Waals surface area contributed by atoms with Gasteiger partial charge in [-0.15, -0.1) is 0 Å². The van der Waals surface area contributed by atoms with Crippen molar-refractivity contribution in [2.75, 3.05) is 10.4 Å². The third-order valence-electron chi connectivity index (χ3n) is 4.66. The Hall–Kier alpha value is -2.74. The largest absolute Gasteiger partial charge is 0.298 e. The number of hydrogen-bond donors (Lipinski definition) is 1. The van der Waals surface area contributed by atoms with E-state index in [-0.39, 0.29) is 6.04 Å². The van der Waals surface area contributed by atoms with Gasteiger partial charge in [-0.05, 0) is 43.2 Å². The van der Waals surface area contributed by atoms with Crippen molar-refractivity contribution in [3.63, 3.8) is 0 Å². The fourth-order valence-electron chi connectivity index (χ4n) is 3.19. The molecule has 0 saturated carbocycles. The molecule has 0 fully saturated rings. The third-order valence-corrected chi connectivity index (χ3v) is 4.66. The summed E-state index contributed by atoms with van der Waals surface area (Å²) in [5.41, 5.74) is 8.57. The van der Waals surface area contributed by atoms with Crippen molar-refractivity contribution in [1.82, 2.24) is 0 Å². The minimum Gasteiger partial charge on any atom is -0.298 e. The number of nitrogens with zero attached hydrogens (tertiary/aromatic N) is 1. The number of hydrogen-bond acceptors (Lipinski definition) is 2. The van der Waals surface area contributed by atoms with Gasteiger partial charge in [0.15, 0.2) is 0 Å². The lowest BCUT2D eigenvalue weighted by atomic mass is 9.99. The lowest BCUT2D eigenvalue weighted by Gasteiger charge is -2.35. The maximum absolute atomic E-state index is 3.65. The molecule has 0 heterocycles. The van der Waals surface area contributed by atoms with E-state index in [2.05, 4.69) is 103 Å². The fraction of sp³-hybridized carbons (Fsp3) is 0.250. The van der Waals surface area contributed by atoms with Crippen LogP contribution in [0, 0.1) is 6.92 Å². The van der Waals surface area contributed by atoms with Crippen molar-refractivity contribution in [2.45, 2.75) is 39.2 Å². The van der Waals surface area contributed by atoms with Crippen LogP contribution in [0.1, 0.15) is 43.4 Å². The standard InChI is InChI=1S/C24H28N2/c1-3-4-15-24(21-18-16-20(2)17-19-21)26(23-13-9-6-10-14-23)25-22-11-7-5-8-12-22/h5-14,16-19,24-25H,3-4,15H2,1-2H3. The second-order valence-corrected chi connectivity index (χ2v) is 6.75.